The summed E-state index contributed by atoms with van der Waals surface area (Å²) in [5.41, 5.74) is 3.25. The highest BCUT2D eigenvalue weighted by atomic mass is 35.5. The molecule has 0 spiro atoms. The molecule has 1 amide bonds. The van der Waals surface area contributed by atoms with Crippen LogP contribution in [0, 0.1) is 11.3 Å². The van der Waals surface area contributed by atoms with Crippen LogP contribution in [0.2, 0.25) is 10.0 Å². The fourth-order valence-electron chi connectivity index (χ4n) is 6.19. The second-order valence-electron chi connectivity index (χ2n) is 11.3. The highest BCUT2D eigenvalue weighted by molar-refractivity contribution is 7.84. The minimum atomic E-state index is -1.00. The quantitative estimate of drug-likeness (QED) is 0.188. The molecule has 1 saturated heterocycles. The van der Waals surface area contributed by atoms with Crippen molar-refractivity contribution in [2.75, 3.05) is 39.5 Å². The number of nitriles is 1. The van der Waals surface area contributed by atoms with Gasteiger partial charge in [0.2, 0.25) is 0 Å². The molecule has 8 heteroatoms. The smallest absolute Gasteiger partial charge is 0.254 e. The lowest BCUT2D eigenvalue weighted by Crippen LogP contribution is -2.36. The van der Waals surface area contributed by atoms with Gasteiger partial charge in [0.1, 0.15) is 0 Å². The number of likely N-dealkylation sites (N-methyl/N-ethyl adjacent to an activating group) is 1. The van der Waals surface area contributed by atoms with Gasteiger partial charge >= 0.3 is 0 Å². The standard InChI is InChI=1S/C35H35Cl2N3O2S/c1-39(35(41)31-20-24(22-38)19-27-7-3-4-8-29(27)31)23-28(26-11-12-32(36)33(37)21-26)15-18-40-16-13-25(14-17-40)30-9-5-6-10-34(30)43(2)42/h3-12,19-21,25,28H,13-18,23H2,1-2H3/t28-,43?/m0/s1. The Morgan fingerprint density at radius 2 is 1.74 bits per heavy atom. The topological polar surface area (TPSA) is 64.4 Å². The van der Waals surface area contributed by atoms with E-state index in [1.54, 1.807) is 17.2 Å². The van der Waals surface area contributed by atoms with E-state index in [9.17, 15) is 14.3 Å². The Kier molecular flexibility index (Phi) is 10.2. The normalized spacial score (nSPS) is 15.6. The molecule has 0 aromatic heterocycles. The third kappa shape index (κ3) is 7.30. The van der Waals surface area contributed by atoms with Gasteiger partial charge in [-0.25, -0.2) is 0 Å². The maximum Gasteiger partial charge on any atom is 0.254 e. The first-order valence-corrected chi connectivity index (χ1v) is 16.8. The molecular weight excluding hydrogens is 597 g/mol. The summed E-state index contributed by atoms with van der Waals surface area (Å²) in [6, 6.07) is 27.2. The third-order valence-electron chi connectivity index (χ3n) is 8.53. The SMILES string of the molecule is CN(C[C@H](CCN1CCC(c2ccccc2S(C)=O)CC1)c1ccc(Cl)c(Cl)c1)C(=O)c1cc(C#N)cc2ccccc12. The van der Waals surface area contributed by atoms with Crippen molar-refractivity contribution in [2.45, 2.75) is 36.0 Å². The molecule has 4 aromatic carbocycles. The van der Waals surface area contributed by atoms with Gasteiger partial charge in [0.15, 0.2) is 0 Å². The largest absolute Gasteiger partial charge is 0.341 e. The number of amides is 1. The molecule has 5 rings (SSSR count). The van der Waals surface area contributed by atoms with Crippen LogP contribution in [0.5, 0.6) is 0 Å². The number of fused-ring (bicyclic) bond motifs is 1. The average Bonchev–Trinajstić information content (AvgIpc) is 3.03. The summed E-state index contributed by atoms with van der Waals surface area (Å²) in [6.45, 7) is 3.30. The highest BCUT2D eigenvalue weighted by Crippen LogP contribution is 2.33. The predicted octanol–water partition coefficient (Wildman–Crippen LogP) is 7.88. The first-order valence-electron chi connectivity index (χ1n) is 14.5. The van der Waals surface area contributed by atoms with E-state index in [1.807, 2.05) is 73.8 Å². The minimum Gasteiger partial charge on any atom is -0.341 e. The Morgan fingerprint density at radius 3 is 2.47 bits per heavy atom. The Hall–Kier alpha value is -3.21. The van der Waals surface area contributed by atoms with E-state index in [2.05, 4.69) is 17.0 Å². The van der Waals surface area contributed by atoms with E-state index in [-0.39, 0.29) is 11.8 Å². The lowest BCUT2D eigenvalue weighted by molar-refractivity contribution is 0.0783. The first kappa shape index (κ1) is 31.2. The summed E-state index contributed by atoms with van der Waals surface area (Å²) in [4.78, 5) is 19.0. The summed E-state index contributed by atoms with van der Waals surface area (Å²) in [5.74, 6) is 0.325. The number of rotatable bonds is 9. The van der Waals surface area contributed by atoms with E-state index in [4.69, 9.17) is 23.2 Å². The zero-order chi connectivity index (χ0) is 30.5. The van der Waals surface area contributed by atoms with E-state index in [1.165, 1.54) is 5.56 Å². The van der Waals surface area contributed by atoms with Crippen LogP contribution in [-0.4, -0.2) is 59.4 Å². The van der Waals surface area contributed by atoms with Gasteiger partial charge in [0.25, 0.3) is 5.91 Å². The summed E-state index contributed by atoms with van der Waals surface area (Å²) in [7, 11) is 0.820. The molecule has 1 fully saturated rings. The van der Waals surface area contributed by atoms with Gasteiger partial charge in [-0.2, -0.15) is 5.26 Å². The molecule has 4 aromatic rings. The minimum absolute atomic E-state index is 0.0371. The number of halogens is 2. The van der Waals surface area contributed by atoms with Crippen LogP contribution in [0.3, 0.4) is 0 Å². The van der Waals surface area contributed by atoms with Crippen molar-refractivity contribution in [2.24, 2.45) is 0 Å². The molecule has 2 atom stereocenters. The number of benzene rings is 4. The molecular formula is C35H35Cl2N3O2S. The van der Waals surface area contributed by atoms with Crippen LogP contribution in [0.25, 0.3) is 10.8 Å². The molecule has 43 heavy (non-hydrogen) atoms. The van der Waals surface area contributed by atoms with Crippen molar-refractivity contribution in [1.82, 2.24) is 9.80 Å². The summed E-state index contributed by atoms with van der Waals surface area (Å²) in [5, 5.41) is 12.3. The van der Waals surface area contributed by atoms with Crippen LogP contribution in [-0.2, 0) is 10.8 Å². The van der Waals surface area contributed by atoms with Crippen molar-refractivity contribution in [1.29, 1.82) is 5.26 Å². The zero-order valence-electron chi connectivity index (χ0n) is 24.4. The van der Waals surface area contributed by atoms with Crippen molar-refractivity contribution in [3.8, 4) is 6.07 Å². The lowest BCUT2D eigenvalue weighted by Gasteiger charge is -2.34. The zero-order valence-corrected chi connectivity index (χ0v) is 26.8. The van der Waals surface area contributed by atoms with Crippen molar-refractivity contribution >= 4 is 50.7 Å². The van der Waals surface area contributed by atoms with Gasteiger partial charge in [-0.05, 0) is 97.0 Å². The maximum atomic E-state index is 13.8. The van der Waals surface area contributed by atoms with Crippen molar-refractivity contribution in [3.05, 3.63) is 111 Å². The molecule has 1 aliphatic heterocycles. The molecule has 5 nitrogen and oxygen atoms in total. The molecule has 1 heterocycles. The summed E-state index contributed by atoms with van der Waals surface area (Å²) >= 11 is 12.7. The number of piperidine rings is 1. The highest BCUT2D eigenvalue weighted by Gasteiger charge is 2.26. The van der Waals surface area contributed by atoms with E-state index < -0.39 is 10.8 Å². The summed E-state index contributed by atoms with van der Waals surface area (Å²) in [6.07, 6.45) is 4.63. The number of hydrogen-bond donors (Lipinski definition) is 0. The first-order chi connectivity index (χ1) is 20.7. The second-order valence-corrected chi connectivity index (χ2v) is 13.5. The summed E-state index contributed by atoms with van der Waals surface area (Å²) < 4.78 is 12.3. The van der Waals surface area contributed by atoms with E-state index in [0.29, 0.717) is 33.6 Å². The number of carbonyl (C=O) groups is 1. The van der Waals surface area contributed by atoms with Gasteiger partial charge in [0, 0.05) is 36.2 Å². The van der Waals surface area contributed by atoms with Crippen molar-refractivity contribution in [3.63, 3.8) is 0 Å². The van der Waals surface area contributed by atoms with Gasteiger partial charge in [-0.1, -0.05) is 71.7 Å². The third-order valence-corrected chi connectivity index (χ3v) is 10.3. The van der Waals surface area contributed by atoms with Gasteiger partial charge in [-0.15, -0.1) is 0 Å². The monoisotopic (exact) mass is 631 g/mol. The van der Waals surface area contributed by atoms with Crippen LogP contribution in [0.4, 0.5) is 0 Å². The number of carbonyl (C=O) groups excluding carboxylic acids is 1. The Labute approximate surface area is 266 Å². The van der Waals surface area contributed by atoms with Crippen LogP contribution in [0.15, 0.2) is 83.8 Å². The molecule has 222 valence electrons. The molecule has 0 aliphatic carbocycles. The predicted molar refractivity (Wildman–Crippen MR) is 177 cm³/mol. The van der Waals surface area contributed by atoms with Gasteiger partial charge < -0.3 is 9.80 Å². The van der Waals surface area contributed by atoms with E-state index >= 15 is 0 Å². The molecule has 1 aliphatic rings. The number of likely N-dealkylation sites (tertiary alicyclic amines) is 1. The van der Waals surface area contributed by atoms with Gasteiger partial charge in [0.05, 0.1) is 32.5 Å². The fourth-order valence-corrected chi connectivity index (χ4v) is 7.33. The Balaban J connectivity index is 1.31. The van der Waals surface area contributed by atoms with Crippen LogP contribution in [0.1, 0.15) is 58.1 Å². The average molecular weight is 633 g/mol. The molecule has 1 unspecified atom stereocenters. The van der Waals surface area contributed by atoms with Gasteiger partial charge in [-0.3, -0.25) is 9.00 Å². The van der Waals surface area contributed by atoms with Crippen LogP contribution >= 0.6 is 23.2 Å². The van der Waals surface area contributed by atoms with E-state index in [0.717, 1.165) is 60.1 Å². The molecule has 0 saturated carbocycles. The molecule has 0 bridgehead atoms. The second kappa shape index (κ2) is 14.1. The Morgan fingerprint density at radius 1 is 1.02 bits per heavy atom. The molecule has 0 radical (unpaired) electrons. The fraction of sp³-hybridized carbons (Fsp3) is 0.314. The Bertz CT molecular complexity index is 1690. The number of nitrogens with zero attached hydrogens (tertiary/aromatic N) is 3. The molecule has 0 N–H and O–H groups in total. The van der Waals surface area contributed by atoms with Crippen LogP contribution < -0.4 is 0 Å². The maximum absolute atomic E-state index is 13.8. The number of hydrogen-bond acceptors (Lipinski definition) is 4. The lowest BCUT2D eigenvalue weighted by atomic mass is 9.88. The van der Waals surface area contributed by atoms with Crippen molar-refractivity contribution < 1.29 is 9.00 Å².